The van der Waals surface area contributed by atoms with Crippen molar-refractivity contribution >= 4 is 27.5 Å². The van der Waals surface area contributed by atoms with E-state index in [0.29, 0.717) is 5.69 Å². The minimum Gasteiger partial charge on any atom is -0.320 e. The van der Waals surface area contributed by atoms with Gasteiger partial charge < -0.3 is 5.32 Å². The summed E-state index contributed by atoms with van der Waals surface area (Å²) in [5.41, 5.74) is 4.63. The summed E-state index contributed by atoms with van der Waals surface area (Å²) in [6.45, 7) is 4.90. The molecule has 2 aromatic rings. The Labute approximate surface area is 132 Å². The van der Waals surface area contributed by atoms with Gasteiger partial charge in [0.15, 0.2) is 5.69 Å². The second kappa shape index (κ2) is 5.64. The second-order valence-corrected chi connectivity index (χ2v) is 6.36. The van der Waals surface area contributed by atoms with Gasteiger partial charge in [0, 0.05) is 12.2 Å². The summed E-state index contributed by atoms with van der Waals surface area (Å²) in [5, 5.41) is 7.43. The number of nitrogens with zero attached hydrogens (tertiary/aromatic N) is 2. The molecule has 0 saturated heterocycles. The number of aromatic nitrogens is 2. The minimum atomic E-state index is -0.155. The largest absolute Gasteiger partial charge is 0.320 e. The second-order valence-electron chi connectivity index (χ2n) is 5.56. The van der Waals surface area contributed by atoms with Crippen LogP contribution in [0.5, 0.6) is 0 Å². The zero-order valence-electron chi connectivity index (χ0n) is 12.2. The SMILES string of the molecule is Cc1ccc(C)c(NC(=O)c2nn3c(c2Br)CCCC3)c1. The van der Waals surface area contributed by atoms with Crippen LogP contribution in [0.25, 0.3) is 0 Å². The fourth-order valence-electron chi connectivity index (χ4n) is 2.65. The first kappa shape index (κ1) is 14.3. The molecule has 0 aliphatic carbocycles. The van der Waals surface area contributed by atoms with Crippen LogP contribution in [0.15, 0.2) is 22.7 Å². The Hall–Kier alpha value is -1.62. The molecule has 1 aliphatic rings. The third-order valence-corrected chi connectivity index (χ3v) is 4.72. The van der Waals surface area contributed by atoms with E-state index in [2.05, 4.69) is 26.3 Å². The molecule has 110 valence electrons. The van der Waals surface area contributed by atoms with Gasteiger partial charge in [0.05, 0.1) is 10.2 Å². The standard InChI is InChI=1S/C16H18BrN3O/c1-10-6-7-11(2)12(9-10)18-16(21)15-14(17)13-5-3-4-8-20(13)19-15/h6-7,9H,3-5,8H2,1-2H3,(H,18,21). The molecule has 0 atom stereocenters. The Kier molecular flexibility index (Phi) is 3.85. The number of rotatable bonds is 2. The van der Waals surface area contributed by atoms with E-state index >= 15 is 0 Å². The van der Waals surface area contributed by atoms with Gasteiger partial charge in [-0.05, 0) is 66.2 Å². The molecule has 1 aliphatic heterocycles. The highest BCUT2D eigenvalue weighted by molar-refractivity contribution is 9.10. The van der Waals surface area contributed by atoms with Crippen molar-refractivity contribution in [2.24, 2.45) is 0 Å². The van der Waals surface area contributed by atoms with Crippen molar-refractivity contribution in [1.82, 2.24) is 9.78 Å². The van der Waals surface area contributed by atoms with Crippen LogP contribution in [0.1, 0.15) is 40.2 Å². The summed E-state index contributed by atoms with van der Waals surface area (Å²) in [6.07, 6.45) is 3.26. The number of anilines is 1. The van der Waals surface area contributed by atoms with Crippen LogP contribution in [0.4, 0.5) is 5.69 Å². The van der Waals surface area contributed by atoms with Crippen molar-refractivity contribution < 1.29 is 4.79 Å². The van der Waals surface area contributed by atoms with E-state index in [4.69, 9.17) is 0 Å². The number of halogens is 1. The van der Waals surface area contributed by atoms with Crippen LogP contribution in [-0.2, 0) is 13.0 Å². The molecule has 5 heteroatoms. The quantitative estimate of drug-likeness (QED) is 0.896. The van der Waals surface area contributed by atoms with Crippen LogP contribution in [-0.4, -0.2) is 15.7 Å². The van der Waals surface area contributed by atoms with Crippen molar-refractivity contribution in [2.45, 2.75) is 39.7 Å². The molecular formula is C16H18BrN3O. The number of hydrogen-bond acceptors (Lipinski definition) is 2. The maximum absolute atomic E-state index is 12.5. The third-order valence-electron chi connectivity index (χ3n) is 3.88. The van der Waals surface area contributed by atoms with Crippen LogP contribution < -0.4 is 5.32 Å². The predicted molar refractivity (Wildman–Crippen MR) is 86.7 cm³/mol. The average Bonchev–Trinajstić information content (AvgIpc) is 2.81. The monoisotopic (exact) mass is 347 g/mol. The zero-order chi connectivity index (χ0) is 15.0. The topological polar surface area (TPSA) is 46.9 Å². The van der Waals surface area contributed by atoms with Crippen molar-refractivity contribution in [3.05, 3.63) is 45.2 Å². The van der Waals surface area contributed by atoms with Gasteiger partial charge in [-0.3, -0.25) is 9.48 Å². The molecule has 1 amide bonds. The number of hydrogen-bond donors (Lipinski definition) is 1. The highest BCUT2D eigenvalue weighted by atomic mass is 79.9. The van der Waals surface area contributed by atoms with E-state index in [-0.39, 0.29) is 5.91 Å². The number of carbonyl (C=O) groups is 1. The van der Waals surface area contributed by atoms with Gasteiger partial charge in [-0.25, -0.2) is 0 Å². The Morgan fingerprint density at radius 1 is 1.33 bits per heavy atom. The maximum Gasteiger partial charge on any atom is 0.277 e. The van der Waals surface area contributed by atoms with Crippen molar-refractivity contribution in [3.63, 3.8) is 0 Å². The van der Waals surface area contributed by atoms with E-state index < -0.39 is 0 Å². The maximum atomic E-state index is 12.5. The lowest BCUT2D eigenvalue weighted by atomic mass is 10.1. The first-order valence-corrected chi connectivity index (χ1v) is 7.99. The van der Waals surface area contributed by atoms with E-state index in [0.717, 1.165) is 52.8 Å². The summed E-state index contributed by atoms with van der Waals surface area (Å²) in [7, 11) is 0. The van der Waals surface area contributed by atoms with Gasteiger partial charge >= 0.3 is 0 Å². The smallest absolute Gasteiger partial charge is 0.277 e. The van der Waals surface area contributed by atoms with E-state index in [1.165, 1.54) is 0 Å². The van der Waals surface area contributed by atoms with E-state index in [1.54, 1.807) is 0 Å². The summed E-state index contributed by atoms with van der Waals surface area (Å²) in [4.78, 5) is 12.5. The molecule has 0 spiro atoms. The highest BCUT2D eigenvalue weighted by Gasteiger charge is 2.23. The normalized spacial score (nSPS) is 13.9. The molecule has 0 bridgehead atoms. The van der Waals surface area contributed by atoms with Crippen LogP contribution in [0, 0.1) is 13.8 Å². The number of aryl methyl sites for hydroxylation is 3. The van der Waals surface area contributed by atoms with Gasteiger partial charge in [-0.2, -0.15) is 5.10 Å². The van der Waals surface area contributed by atoms with Gasteiger partial charge in [-0.1, -0.05) is 12.1 Å². The molecular weight excluding hydrogens is 330 g/mol. The Balaban J connectivity index is 1.89. The summed E-state index contributed by atoms with van der Waals surface area (Å²) >= 11 is 3.54. The number of benzene rings is 1. The molecule has 21 heavy (non-hydrogen) atoms. The zero-order valence-corrected chi connectivity index (χ0v) is 13.8. The molecule has 1 N–H and O–H groups in total. The Bertz CT molecular complexity index is 706. The van der Waals surface area contributed by atoms with Crippen molar-refractivity contribution in [2.75, 3.05) is 5.32 Å². The van der Waals surface area contributed by atoms with Gasteiger partial charge in [-0.15, -0.1) is 0 Å². The summed E-state index contributed by atoms with van der Waals surface area (Å²) in [6, 6.07) is 6.03. The number of nitrogens with one attached hydrogen (secondary N) is 1. The fourth-order valence-corrected chi connectivity index (χ4v) is 3.31. The van der Waals surface area contributed by atoms with Gasteiger partial charge in [0.1, 0.15) is 0 Å². The lowest BCUT2D eigenvalue weighted by Gasteiger charge is -2.12. The van der Waals surface area contributed by atoms with Gasteiger partial charge in [0.2, 0.25) is 0 Å². The molecule has 0 radical (unpaired) electrons. The fraction of sp³-hybridized carbons (Fsp3) is 0.375. The highest BCUT2D eigenvalue weighted by Crippen LogP contribution is 2.27. The first-order valence-electron chi connectivity index (χ1n) is 7.20. The van der Waals surface area contributed by atoms with Crippen LogP contribution in [0.3, 0.4) is 0 Å². The summed E-state index contributed by atoms with van der Waals surface area (Å²) < 4.78 is 2.79. The Morgan fingerprint density at radius 3 is 2.90 bits per heavy atom. The van der Waals surface area contributed by atoms with E-state index in [9.17, 15) is 4.79 Å². The molecule has 4 nitrogen and oxygen atoms in total. The first-order chi connectivity index (χ1) is 10.1. The number of carbonyl (C=O) groups excluding carboxylic acids is 1. The predicted octanol–water partition coefficient (Wildman–Crippen LogP) is 3.85. The van der Waals surface area contributed by atoms with Crippen LogP contribution >= 0.6 is 15.9 Å². The van der Waals surface area contributed by atoms with Crippen LogP contribution in [0.2, 0.25) is 0 Å². The summed E-state index contributed by atoms with van der Waals surface area (Å²) in [5.74, 6) is -0.155. The third kappa shape index (κ3) is 2.75. The number of fused-ring (bicyclic) bond motifs is 1. The van der Waals surface area contributed by atoms with Gasteiger partial charge in [0.25, 0.3) is 5.91 Å². The molecule has 2 heterocycles. The average molecular weight is 348 g/mol. The number of amides is 1. The minimum absolute atomic E-state index is 0.155. The molecule has 1 aromatic carbocycles. The molecule has 1 aromatic heterocycles. The lowest BCUT2D eigenvalue weighted by Crippen LogP contribution is -2.15. The molecule has 3 rings (SSSR count). The lowest BCUT2D eigenvalue weighted by molar-refractivity contribution is 0.102. The molecule has 0 saturated carbocycles. The molecule has 0 fully saturated rings. The Morgan fingerprint density at radius 2 is 2.14 bits per heavy atom. The van der Waals surface area contributed by atoms with Crippen molar-refractivity contribution in [1.29, 1.82) is 0 Å². The van der Waals surface area contributed by atoms with E-state index in [1.807, 2.05) is 36.7 Å². The van der Waals surface area contributed by atoms with Crippen molar-refractivity contribution in [3.8, 4) is 0 Å². The molecule has 0 unspecified atom stereocenters.